The molecule has 1 atom stereocenters. The van der Waals surface area contributed by atoms with Gasteiger partial charge >= 0.3 is 0 Å². The van der Waals surface area contributed by atoms with Crippen LogP contribution < -0.4 is 5.73 Å². The second-order valence-corrected chi connectivity index (χ2v) is 4.02. The Morgan fingerprint density at radius 2 is 1.86 bits per heavy atom. The molecule has 0 amide bonds. The summed E-state index contributed by atoms with van der Waals surface area (Å²) in [6.45, 7) is 5.20. The summed E-state index contributed by atoms with van der Waals surface area (Å²) in [4.78, 5) is 0. The van der Waals surface area contributed by atoms with E-state index in [1.807, 2.05) is 0 Å². The van der Waals surface area contributed by atoms with E-state index >= 15 is 0 Å². The minimum Gasteiger partial charge on any atom is -0.320 e. The van der Waals surface area contributed by atoms with Crippen LogP contribution in [0, 0.1) is 11.6 Å². The smallest absolute Gasteiger partial charge is 0.132 e. The second kappa shape index (κ2) is 4.19. The third-order valence-electron chi connectivity index (χ3n) is 1.89. The molecule has 2 N–H and O–H groups in total. The van der Waals surface area contributed by atoms with Crippen LogP contribution in [0.4, 0.5) is 8.78 Å². The van der Waals surface area contributed by atoms with E-state index in [0.29, 0.717) is 10.0 Å². The molecule has 0 aliphatic carbocycles. The van der Waals surface area contributed by atoms with Gasteiger partial charge in [0.05, 0.1) is 6.04 Å². The molecule has 0 aliphatic rings. The SMILES string of the molecule is C=C(C)C(N)c1c(F)cc(Br)cc1F. The van der Waals surface area contributed by atoms with E-state index in [-0.39, 0.29) is 5.56 Å². The molecule has 0 aliphatic heterocycles. The van der Waals surface area contributed by atoms with Crippen LogP contribution in [-0.4, -0.2) is 0 Å². The van der Waals surface area contributed by atoms with Crippen molar-refractivity contribution >= 4 is 15.9 Å². The fourth-order valence-corrected chi connectivity index (χ4v) is 1.50. The van der Waals surface area contributed by atoms with Gasteiger partial charge in [-0.25, -0.2) is 8.78 Å². The van der Waals surface area contributed by atoms with Gasteiger partial charge in [0.15, 0.2) is 0 Å². The molecule has 0 saturated carbocycles. The lowest BCUT2D eigenvalue weighted by molar-refractivity contribution is 0.540. The van der Waals surface area contributed by atoms with Crippen molar-refractivity contribution in [2.45, 2.75) is 13.0 Å². The summed E-state index contributed by atoms with van der Waals surface area (Å²) < 4.78 is 27.0. The molecule has 1 aromatic rings. The van der Waals surface area contributed by atoms with Gasteiger partial charge in [0.25, 0.3) is 0 Å². The van der Waals surface area contributed by atoms with Crippen molar-refractivity contribution in [3.8, 4) is 0 Å². The first-order chi connectivity index (χ1) is 6.43. The maximum absolute atomic E-state index is 13.3. The number of hydrogen-bond acceptors (Lipinski definition) is 1. The van der Waals surface area contributed by atoms with Gasteiger partial charge in [-0.3, -0.25) is 0 Å². The molecule has 0 fully saturated rings. The van der Waals surface area contributed by atoms with Crippen LogP contribution in [0.2, 0.25) is 0 Å². The lowest BCUT2D eigenvalue weighted by atomic mass is 10.0. The molecule has 0 heterocycles. The molecule has 0 saturated heterocycles. The first-order valence-corrected chi connectivity index (χ1v) is 4.78. The largest absolute Gasteiger partial charge is 0.320 e. The van der Waals surface area contributed by atoms with Crippen LogP contribution in [0.3, 0.4) is 0 Å². The van der Waals surface area contributed by atoms with E-state index < -0.39 is 17.7 Å². The standard InChI is InChI=1S/C10H10BrF2N/c1-5(2)10(14)9-7(12)3-6(11)4-8(9)13/h3-4,10H,1,14H2,2H3. The Morgan fingerprint density at radius 3 is 2.21 bits per heavy atom. The van der Waals surface area contributed by atoms with E-state index in [4.69, 9.17) is 5.73 Å². The summed E-state index contributed by atoms with van der Waals surface area (Å²) >= 11 is 2.99. The van der Waals surface area contributed by atoms with Crippen LogP contribution in [0.25, 0.3) is 0 Å². The summed E-state index contributed by atoms with van der Waals surface area (Å²) in [5.74, 6) is -1.32. The molecule has 1 aromatic carbocycles. The van der Waals surface area contributed by atoms with Gasteiger partial charge in [0.2, 0.25) is 0 Å². The summed E-state index contributed by atoms with van der Waals surface area (Å²) in [5.41, 5.74) is 5.98. The average Bonchev–Trinajstić information content (AvgIpc) is 2.01. The molecule has 0 spiro atoms. The first-order valence-electron chi connectivity index (χ1n) is 3.99. The maximum Gasteiger partial charge on any atom is 0.132 e. The van der Waals surface area contributed by atoms with Gasteiger partial charge in [-0.1, -0.05) is 28.1 Å². The quantitative estimate of drug-likeness (QED) is 0.813. The van der Waals surface area contributed by atoms with E-state index in [1.165, 1.54) is 12.1 Å². The number of hydrogen-bond donors (Lipinski definition) is 1. The normalized spacial score (nSPS) is 12.6. The van der Waals surface area contributed by atoms with Gasteiger partial charge in [-0.2, -0.15) is 0 Å². The second-order valence-electron chi connectivity index (χ2n) is 3.11. The van der Waals surface area contributed by atoms with Crippen LogP contribution in [0.1, 0.15) is 18.5 Å². The van der Waals surface area contributed by atoms with E-state index in [1.54, 1.807) is 6.92 Å². The van der Waals surface area contributed by atoms with Gasteiger partial charge in [0, 0.05) is 10.0 Å². The molecule has 1 nitrogen and oxygen atoms in total. The summed E-state index contributed by atoms with van der Waals surface area (Å²) in [6, 6.07) is 1.56. The zero-order chi connectivity index (χ0) is 10.9. The van der Waals surface area contributed by atoms with Crippen molar-refractivity contribution < 1.29 is 8.78 Å². The minimum absolute atomic E-state index is 0.138. The molecule has 76 valence electrons. The minimum atomic E-state index is -0.803. The van der Waals surface area contributed by atoms with Crippen molar-refractivity contribution in [2.75, 3.05) is 0 Å². The third-order valence-corrected chi connectivity index (χ3v) is 2.34. The molecule has 0 bridgehead atoms. The number of nitrogens with two attached hydrogens (primary N) is 1. The fraction of sp³-hybridized carbons (Fsp3) is 0.200. The Morgan fingerprint density at radius 1 is 1.43 bits per heavy atom. The zero-order valence-electron chi connectivity index (χ0n) is 7.65. The lowest BCUT2D eigenvalue weighted by Gasteiger charge is -2.13. The van der Waals surface area contributed by atoms with E-state index in [9.17, 15) is 8.78 Å². The summed E-state index contributed by atoms with van der Waals surface area (Å²) in [5, 5.41) is 0. The van der Waals surface area contributed by atoms with Crippen LogP contribution in [0.15, 0.2) is 28.8 Å². The Bertz CT molecular complexity index is 353. The zero-order valence-corrected chi connectivity index (χ0v) is 9.24. The summed E-state index contributed by atoms with van der Waals surface area (Å²) in [7, 11) is 0. The van der Waals surface area contributed by atoms with Gasteiger partial charge in [0.1, 0.15) is 11.6 Å². The van der Waals surface area contributed by atoms with Crippen molar-refractivity contribution in [3.63, 3.8) is 0 Å². The van der Waals surface area contributed by atoms with Crippen LogP contribution >= 0.6 is 15.9 Å². The van der Waals surface area contributed by atoms with E-state index in [2.05, 4.69) is 22.5 Å². The summed E-state index contributed by atoms with van der Waals surface area (Å²) in [6.07, 6.45) is 0. The first kappa shape index (κ1) is 11.3. The Labute approximate surface area is 89.7 Å². The highest BCUT2D eigenvalue weighted by atomic mass is 79.9. The van der Waals surface area contributed by atoms with Gasteiger partial charge in [-0.05, 0) is 19.1 Å². The molecule has 4 heteroatoms. The Balaban J connectivity index is 3.27. The van der Waals surface area contributed by atoms with E-state index in [0.717, 1.165) is 0 Å². The predicted octanol–water partition coefficient (Wildman–Crippen LogP) is 3.30. The molecule has 14 heavy (non-hydrogen) atoms. The molecular weight excluding hydrogens is 252 g/mol. The van der Waals surface area contributed by atoms with Crippen LogP contribution in [0.5, 0.6) is 0 Å². The Hall–Kier alpha value is -0.740. The lowest BCUT2D eigenvalue weighted by Crippen LogP contribution is -2.15. The van der Waals surface area contributed by atoms with Gasteiger partial charge < -0.3 is 5.73 Å². The van der Waals surface area contributed by atoms with Crippen molar-refractivity contribution in [2.24, 2.45) is 5.73 Å². The number of benzene rings is 1. The molecule has 0 radical (unpaired) electrons. The molecule has 0 aromatic heterocycles. The predicted molar refractivity (Wildman–Crippen MR) is 55.8 cm³/mol. The highest BCUT2D eigenvalue weighted by molar-refractivity contribution is 9.10. The maximum atomic E-state index is 13.3. The highest BCUT2D eigenvalue weighted by Crippen LogP contribution is 2.26. The fourth-order valence-electron chi connectivity index (χ4n) is 1.10. The van der Waals surface area contributed by atoms with Crippen molar-refractivity contribution in [1.29, 1.82) is 0 Å². The topological polar surface area (TPSA) is 26.0 Å². The molecule has 1 unspecified atom stereocenters. The molecule has 1 rings (SSSR count). The third kappa shape index (κ3) is 2.19. The highest BCUT2D eigenvalue weighted by Gasteiger charge is 2.17. The Kier molecular flexibility index (Phi) is 3.39. The van der Waals surface area contributed by atoms with Gasteiger partial charge in [-0.15, -0.1) is 0 Å². The number of rotatable bonds is 2. The average molecular weight is 262 g/mol. The monoisotopic (exact) mass is 261 g/mol. The van der Waals surface area contributed by atoms with Crippen molar-refractivity contribution in [3.05, 3.63) is 46.0 Å². The molecular formula is C10H10BrF2N. The van der Waals surface area contributed by atoms with Crippen molar-refractivity contribution in [1.82, 2.24) is 0 Å². The van der Waals surface area contributed by atoms with Crippen LogP contribution in [-0.2, 0) is 0 Å². The number of halogens is 3.